The van der Waals surface area contributed by atoms with Crippen molar-refractivity contribution in [3.8, 4) is 0 Å². The zero-order valence-electron chi connectivity index (χ0n) is 11.0. The highest BCUT2D eigenvalue weighted by molar-refractivity contribution is 6.07. The fourth-order valence-corrected chi connectivity index (χ4v) is 1.73. The molecule has 106 valence electrons. The first-order valence-corrected chi connectivity index (χ1v) is 6.03. The molecule has 1 N–H and O–H groups in total. The molecule has 0 spiro atoms. The Balaban J connectivity index is 2.21. The smallest absolute Gasteiger partial charge is 0.322 e. The molecule has 1 atom stereocenters. The highest BCUT2D eigenvalue weighted by Crippen LogP contribution is 2.20. The fraction of sp³-hybridized carbons (Fsp3) is 0.308. The van der Waals surface area contributed by atoms with Gasteiger partial charge >= 0.3 is 6.03 Å². The van der Waals surface area contributed by atoms with E-state index in [0.29, 0.717) is 11.4 Å². The number of hydrogen-bond acceptors (Lipinski definition) is 3. The summed E-state index contributed by atoms with van der Waals surface area (Å²) in [6.45, 7) is 3.36. The number of carbonyl (C=O) groups is 2. The molecule has 2 rings (SSSR count). The first kappa shape index (κ1) is 14.1. The van der Waals surface area contributed by atoms with Crippen molar-refractivity contribution >= 4 is 18.2 Å². The van der Waals surface area contributed by atoms with Gasteiger partial charge in [-0.1, -0.05) is 13.0 Å². The lowest BCUT2D eigenvalue weighted by Crippen LogP contribution is -2.42. The normalized spacial score (nSPS) is 22.7. The monoisotopic (exact) mass is 281 g/mol. The third-order valence-electron chi connectivity index (χ3n) is 3.21. The van der Waals surface area contributed by atoms with Crippen molar-refractivity contribution in [3.05, 3.63) is 35.4 Å². The summed E-state index contributed by atoms with van der Waals surface area (Å²) in [5.74, 6) is -2.48. The Hall–Kier alpha value is -2.31. The van der Waals surface area contributed by atoms with Gasteiger partial charge in [0, 0.05) is 0 Å². The zero-order chi connectivity index (χ0) is 14.9. The number of rotatable bonds is 3. The van der Waals surface area contributed by atoms with E-state index in [-0.39, 0.29) is 5.56 Å². The molecule has 1 saturated heterocycles. The lowest BCUT2D eigenvalue weighted by Gasteiger charge is -2.17. The van der Waals surface area contributed by atoms with Crippen molar-refractivity contribution in [1.29, 1.82) is 0 Å². The van der Waals surface area contributed by atoms with E-state index in [4.69, 9.17) is 0 Å². The van der Waals surface area contributed by atoms with Gasteiger partial charge in [-0.3, -0.25) is 4.79 Å². The summed E-state index contributed by atoms with van der Waals surface area (Å²) in [6, 6.07) is 2.52. The lowest BCUT2D eigenvalue weighted by atomic mass is 10.00. The van der Waals surface area contributed by atoms with E-state index in [2.05, 4.69) is 10.4 Å². The molecule has 1 fully saturated rings. The van der Waals surface area contributed by atoms with Crippen LogP contribution in [0.1, 0.15) is 25.8 Å². The minimum atomic E-state index is -1.02. The topological polar surface area (TPSA) is 61.8 Å². The second-order valence-corrected chi connectivity index (χ2v) is 4.65. The van der Waals surface area contributed by atoms with Gasteiger partial charge in [0.25, 0.3) is 5.91 Å². The number of nitrogens with one attached hydrogen (secondary N) is 1. The van der Waals surface area contributed by atoms with Gasteiger partial charge in [0.1, 0.15) is 5.54 Å². The molecule has 7 heteroatoms. The average molecular weight is 281 g/mol. The summed E-state index contributed by atoms with van der Waals surface area (Å²) in [4.78, 5) is 23.7. The van der Waals surface area contributed by atoms with Crippen molar-refractivity contribution in [2.24, 2.45) is 5.10 Å². The van der Waals surface area contributed by atoms with Gasteiger partial charge in [0.15, 0.2) is 11.6 Å². The molecule has 0 saturated carbocycles. The van der Waals surface area contributed by atoms with Crippen molar-refractivity contribution in [1.82, 2.24) is 10.3 Å². The summed E-state index contributed by atoms with van der Waals surface area (Å²) in [5.41, 5.74) is -0.739. The minimum Gasteiger partial charge on any atom is -0.322 e. The Morgan fingerprint density at radius 3 is 2.60 bits per heavy atom. The molecule has 20 heavy (non-hydrogen) atoms. The summed E-state index contributed by atoms with van der Waals surface area (Å²) in [7, 11) is 0. The maximum Gasteiger partial charge on any atom is 0.346 e. The molecular formula is C13H13F2N3O2. The highest BCUT2D eigenvalue weighted by atomic mass is 19.2. The second-order valence-electron chi connectivity index (χ2n) is 4.65. The Morgan fingerprint density at radius 1 is 1.35 bits per heavy atom. The van der Waals surface area contributed by atoms with E-state index in [1.165, 1.54) is 6.07 Å². The third-order valence-corrected chi connectivity index (χ3v) is 3.21. The van der Waals surface area contributed by atoms with Crippen molar-refractivity contribution in [2.45, 2.75) is 25.8 Å². The predicted octanol–water partition coefficient (Wildman–Crippen LogP) is 2.02. The minimum absolute atomic E-state index is 0.245. The average Bonchev–Trinajstić information content (AvgIpc) is 2.63. The summed E-state index contributed by atoms with van der Waals surface area (Å²) in [6.07, 6.45) is 1.55. The second kappa shape index (κ2) is 4.99. The lowest BCUT2D eigenvalue weighted by molar-refractivity contribution is -0.130. The maximum atomic E-state index is 13.0. The Morgan fingerprint density at radius 2 is 2.05 bits per heavy atom. The number of hydrogen-bond donors (Lipinski definition) is 1. The van der Waals surface area contributed by atoms with Gasteiger partial charge in [-0.2, -0.15) is 5.10 Å². The first-order valence-electron chi connectivity index (χ1n) is 6.03. The molecule has 1 aromatic rings. The van der Waals surface area contributed by atoms with Gasteiger partial charge in [-0.25, -0.2) is 13.6 Å². The third kappa shape index (κ3) is 2.38. The number of benzene rings is 1. The van der Waals surface area contributed by atoms with Crippen LogP contribution < -0.4 is 5.32 Å². The molecule has 1 aliphatic heterocycles. The molecule has 0 bridgehead atoms. The van der Waals surface area contributed by atoms with Crippen LogP contribution in [0.2, 0.25) is 0 Å². The molecule has 1 aliphatic rings. The molecular weight excluding hydrogens is 268 g/mol. The van der Waals surface area contributed by atoms with Crippen LogP contribution in [-0.2, 0) is 4.79 Å². The van der Waals surface area contributed by atoms with Crippen LogP contribution in [0.3, 0.4) is 0 Å². The van der Waals surface area contributed by atoms with Crippen LogP contribution in [0.25, 0.3) is 0 Å². The van der Waals surface area contributed by atoms with E-state index in [0.717, 1.165) is 18.3 Å². The van der Waals surface area contributed by atoms with Crippen molar-refractivity contribution < 1.29 is 18.4 Å². The van der Waals surface area contributed by atoms with Crippen LogP contribution >= 0.6 is 0 Å². The van der Waals surface area contributed by atoms with Crippen molar-refractivity contribution in [3.63, 3.8) is 0 Å². The van der Waals surface area contributed by atoms with Gasteiger partial charge in [0.05, 0.1) is 6.21 Å². The number of nitrogens with zero attached hydrogens (tertiary/aromatic N) is 2. The summed E-state index contributed by atoms with van der Waals surface area (Å²) < 4.78 is 25.8. The summed E-state index contributed by atoms with van der Waals surface area (Å²) >= 11 is 0. The standard InChI is InChI=1S/C13H13F2N3O2/c1-3-13(2)11(19)18(12(20)17-13)16-7-8-4-5-9(14)10(15)6-8/h4-7H,3H2,1-2H3,(H,17,20). The van der Waals surface area contributed by atoms with Crippen LogP contribution in [0.4, 0.5) is 13.6 Å². The van der Waals surface area contributed by atoms with E-state index < -0.39 is 29.1 Å². The quantitative estimate of drug-likeness (QED) is 0.680. The number of halogens is 2. The van der Waals surface area contributed by atoms with Crippen LogP contribution in [0, 0.1) is 11.6 Å². The first-order chi connectivity index (χ1) is 9.37. The number of urea groups is 1. The van der Waals surface area contributed by atoms with E-state index in [1.807, 2.05) is 0 Å². The molecule has 0 aliphatic carbocycles. The number of carbonyl (C=O) groups excluding carboxylic acids is 2. The van der Waals surface area contributed by atoms with E-state index in [9.17, 15) is 18.4 Å². The number of hydrazone groups is 1. The van der Waals surface area contributed by atoms with Crippen molar-refractivity contribution in [2.75, 3.05) is 0 Å². The molecule has 0 aromatic heterocycles. The van der Waals surface area contributed by atoms with Crippen LogP contribution in [0.5, 0.6) is 0 Å². The summed E-state index contributed by atoms with van der Waals surface area (Å²) in [5, 5.41) is 6.94. The highest BCUT2D eigenvalue weighted by Gasteiger charge is 2.46. The molecule has 5 nitrogen and oxygen atoms in total. The Labute approximate surface area is 114 Å². The molecule has 1 heterocycles. The Kier molecular flexibility index (Phi) is 3.52. The predicted molar refractivity (Wildman–Crippen MR) is 68.0 cm³/mol. The molecule has 1 aromatic carbocycles. The fourth-order valence-electron chi connectivity index (χ4n) is 1.73. The molecule has 1 unspecified atom stereocenters. The number of amides is 3. The molecule has 3 amide bonds. The van der Waals surface area contributed by atoms with Crippen LogP contribution in [0.15, 0.2) is 23.3 Å². The molecule has 0 radical (unpaired) electrons. The largest absolute Gasteiger partial charge is 0.346 e. The van der Waals surface area contributed by atoms with Gasteiger partial charge in [-0.15, -0.1) is 5.01 Å². The number of imide groups is 1. The zero-order valence-corrected chi connectivity index (χ0v) is 11.0. The SMILES string of the molecule is CCC1(C)NC(=O)N(N=Cc2ccc(F)c(F)c2)C1=O. The van der Waals surface area contributed by atoms with Gasteiger partial charge in [0.2, 0.25) is 0 Å². The maximum absolute atomic E-state index is 13.0. The van der Waals surface area contributed by atoms with E-state index >= 15 is 0 Å². The van der Waals surface area contributed by atoms with Gasteiger partial charge < -0.3 is 5.32 Å². The van der Waals surface area contributed by atoms with Gasteiger partial charge in [-0.05, 0) is 31.0 Å². The van der Waals surface area contributed by atoms with Crippen LogP contribution in [-0.4, -0.2) is 28.7 Å². The van der Waals surface area contributed by atoms with E-state index in [1.54, 1.807) is 13.8 Å². The Bertz CT molecular complexity index is 603.